The summed E-state index contributed by atoms with van der Waals surface area (Å²) in [7, 11) is 0. The largest absolute Gasteiger partial charge is 0.208 e. The maximum atomic E-state index is 9.44. The van der Waals surface area contributed by atoms with Crippen molar-refractivity contribution in [3.05, 3.63) is 212 Å². The topological polar surface area (TPSA) is 62.5 Å². The number of hydrogen-bond donors (Lipinski definition) is 0. The van der Waals surface area contributed by atoms with Gasteiger partial charge in [-0.1, -0.05) is 182 Å². The van der Waals surface area contributed by atoms with Gasteiger partial charge in [-0.3, -0.25) is 0 Å². The number of nitriles is 1. The molecule has 0 amide bonds. The van der Waals surface area contributed by atoms with Gasteiger partial charge in [0.1, 0.15) is 0 Å². The molecule has 0 fully saturated rings. The maximum Gasteiger partial charge on any atom is 0.164 e. The Balaban J connectivity index is 1.06. The van der Waals surface area contributed by atoms with Crippen LogP contribution in [0.1, 0.15) is 5.56 Å². The predicted octanol–water partition coefficient (Wildman–Crippen LogP) is 14.9. The minimum Gasteiger partial charge on any atom is -0.208 e. The lowest BCUT2D eigenvalue weighted by atomic mass is 9.86. The van der Waals surface area contributed by atoms with Gasteiger partial charge in [-0.25, -0.2) is 15.0 Å². The fourth-order valence-electron chi connectivity index (χ4n) is 9.37. The van der Waals surface area contributed by atoms with Crippen LogP contribution in [0, 0.1) is 11.3 Å². The lowest BCUT2D eigenvalue weighted by Gasteiger charge is -2.17. The van der Waals surface area contributed by atoms with Crippen LogP contribution in [0.2, 0.25) is 0 Å². The summed E-state index contributed by atoms with van der Waals surface area (Å²) in [6.07, 6.45) is 0. The van der Waals surface area contributed by atoms with Crippen molar-refractivity contribution in [1.29, 1.82) is 5.26 Å². The molecule has 1 aliphatic rings. The van der Waals surface area contributed by atoms with Crippen molar-refractivity contribution in [2.24, 2.45) is 0 Å². The summed E-state index contributed by atoms with van der Waals surface area (Å²) in [5, 5.41) is 16.6. The summed E-state index contributed by atoms with van der Waals surface area (Å²) in [4.78, 5) is 15.1. The Bertz CT molecular complexity index is 3540. The maximum absolute atomic E-state index is 9.44. The van der Waals surface area contributed by atoms with Crippen molar-refractivity contribution in [2.75, 3.05) is 0 Å². The van der Waals surface area contributed by atoms with E-state index in [1.807, 2.05) is 84.9 Å². The molecule has 4 nitrogen and oxygen atoms in total. The number of nitrogens with zero attached hydrogens (tertiary/aromatic N) is 4. The molecule has 10 aromatic carbocycles. The third-order valence-corrected chi connectivity index (χ3v) is 12.3. The number of rotatable bonds is 6. The van der Waals surface area contributed by atoms with Crippen LogP contribution in [0.25, 0.3) is 122 Å². The van der Waals surface area contributed by atoms with Gasteiger partial charge in [0.25, 0.3) is 0 Å². The highest BCUT2D eigenvalue weighted by Crippen LogP contribution is 2.52. The summed E-state index contributed by atoms with van der Waals surface area (Å²) in [6.45, 7) is 0. The molecule has 1 heterocycles. The first kappa shape index (κ1) is 35.4. The average molecular weight is 787 g/mol. The summed E-state index contributed by atoms with van der Waals surface area (Å²) < 4.78 is 0. The first-order valence-corrected chi connectivity index (χ1v) is 20.8. The van der Waals surface area contributed by atoms with Gasteiger partial charge < -0.3 is 0 Å². The van der Waals surface area contributed by atoms with E-state index in [0.717, 1.165) is 44.2 Å². The van der Waals surface area contributed by atoms with Crippen LogP contribution in [0.3, 0.4) is 0 Å². The molecule has 12 rings (SSSR count). The molecule has 0 aliphatic heterocycles. The van der Waals surface area contributed by atoms with Gasteiger partial charge in [-0.2, -0.15) is 5.26 Å². The van der Waals surface area contributed by atoms with Crippen LogP contribution in [-0.4, -0.2) is 15.0 Å². The van der Waals surface area contributed by atoms with Crippen molar-refractivity contribution in [3.63, 3.8) is 0 Å². The van der Waals surface area contributed by atoms with Gasteiger partial charge in [0.05, 0.1) is 11.6 Å². The zero-order valence-electron chi connectivity index (χ0n) is 33.4. The lowest BCUT2D eigenvalue weighted by Crippen LogP contribution is -2.00. The van der Waals surface area contributed by atoms with Crippen molar-refractivity contribution in [2.45, 2.75) is 0 Å². The summed E-state index contributed by atoms with van der Waals surface area (Å²) in [5.41, 5.74) is 15.4. The van der Waals surface area contributed by atoms with E-state index in [1.165, 1.54) is 60.5 Å². The standard InChI is InChI=1S/C58H34N4/c59-35-36-21-23-37(24-22-36)41-15-9-16-42(33-41)44-29-30-51-45-17-7-8-18-46(45)52-32-31-50(54(44)55(51)52)47-19-10-20-48-49(47)28-27-38-25-26-43(34-53(38)48)58-61-56(39-11-3-1-4-12-39)60-57(62-58)40-13-5-2-6-14-40/h1-34H. The quantitative estimate of drug-likeness (QED) is 0.158. The molecule has 0 N–H and O–H groups in total. The van der Waals surface area contributed by atoms with Crippen molar-refractivity contribution < 1.29 is 0 Å². The second-order valence-electron chi connectivity index (χ2n) is 15.8. The highest BCUT2D eigenvalue weighted by molar-refractivity contribution is 6.24. The van der Waals surface area contributed by atoms with Crippen LogP contribution in [0.15, 0.2) is 206 Å². The van der Waals surface area contributed by atoms with Crippen LogP contribution in [-0.2, 0) is 0 Å². The van der Waals surface area contributed by atoms with Gasteiger partial charge in [-0.15, -0.1) is 0 Å². The smallest absolute Gasteiger partial charge is 0.164 e. The van der Waals surface area contributed by atoms with Crippen molar-refractivity contribution in [1.82, 2.24) is 15.0 Å². The first-order valence-electron chi connectivity index (χ1n) is 20.8. The highest BCUT2D eigenvalue weighted by atomic mass is 15.0. The minimum atomic E-state index is 0.632. The molecule has 4 heteroatoms. The van der Waals surface area contributed by atoms with E-state index in [4.69, 9.17) is 15.0 Å². The zero-order chi connectivity index (χ0) is 41.1. The summed E-state index contributed by atoms with van der Waals surface area (Å²) >= 11 is 0. The Morgan fingerprint density at radius 2 is 0.790 bits per heavy atom. The fraction of sp³-hybridized carbons (Fsp3) is 0. The van der Waals surface area contributed by atoms with Gasteiger partial charge in [-0.05, 0) is 112 Å². The third kappa shape index (κ3) is 5.79. The van der Waals surface area contributed by atoms with E-state index in [1.54, 1.807) is 0 Å². The number of aromatic nitrogens is 3. The third-order valence-electron chi connectivity index (χ3n) is 12.3. The Labute approximate surface area is 358 Å². The van der Waals surface area contributed by atoms with E-state index < -0.39 is 0 Å². The molecule has 1 aromatic heterocycles. The van der Waals surface area contributed by atoms with E-state index in [0.29, 0.717) is 23.0 Å². The van der Waals surface area contributed by atoms with Crippen LogP contribution < -0.4 is 0 Å². The molecule has 0 saturated heterocycles. The zero-order valence-corrected chi connectivity index (χ0v) is 33.4. The number of hydrogen-bond acceptors (Lipinski definition) is 4. The van der Waals surface area contributed by atoms with Gasteiger partial charge in [0.15, 0.2) is 17.5 Å². The van der Waals surface area contributed by atoms with Crippen LogP contribution >= 0.6 is 0 Å². The molecule has 0 atom stereocenters. The molecule has 286 valence electrons. The molecule has 0 radical (unpaired) electrons. The summed E-state index contributed by atoms with van der Waals surface area (Å²) in [5.74, 6) is 1.91. The van der Waals surface area contributed by atoms with Crippen LogP contribution in [0.5, 0.6) is 0 Å². The minimum absolute atomic E-state index is 0.632. The van der Waals surface area contributed by atoms with E-state index >= 15 is 0 Å². The Morgan fingerprint density at radius 3 is 1.45 bits per heavy atom. The number of benzene rings is 10. The van der Waals surface area contributed by atoms with Crippen molar-refractivity contribution >= 4 is 32.3 Å². The van der Waals surface area contributed by atoms with E-state index in [-0.39, 0.29) is 0 Å². The highest BCUT2D eigenvalue weighted by Gasteiger charge is 2.25. The van der Waals surface area contributed by atoms with Gasteiger partial charge in [0, 0.05) is 16.7 Å². The SMILES string of the molecule is N#Cc1ccc(-c2cccc(-c3ccc4c5c(ccc(-c6cccc7c6ccc6ccc(-c8nc(-c9ccccc9)nc(-c9ccccc9)n8)cc67)c35)-c3ccccc3-4)c2)cc1. The lowest BCUT2D eigenvalue weighted by molar-refractivity contribution is 1.07. The Morgan fingerprint density at radius 1 is 0.290 bits per heavy atom. The second kappa shape index (κ2) is 14.3. The van der Waals surface area contributed by atoms with Gasteiger partial charge >= 0.3 is 0 Å². The van der Waals surface area contributed by atoms with Crippen molar-refractivity contribution in [3.8, 4) is 95.9 Å². The molecule has 0 spiro atoms. The molecule has 0 unspecified atom stereocenters. The van der Waals surface area contributed by atoms with Crippen LogP contribution in [0.4, 0.5) is 0 Å². The molecular weight excluding hydrogens is 753 g/mol. The molecule has 0 saturated carbocycles. The predicted molar refractivity (Wildman–Crippen MR) is 254 cm³/mol. The Kier molecular flexibility index (Phi) is 8.19. The molecule has 0 bridgehead atoms. The molecule has 11 aromatic rings. The fourth-order valence-corrected chi connectivity index (χ4v) is 9.37. The van der Waals surface area contributed by atoms with E-state index in [9.17, 15) is 5.26 Å². The second-order valence-corrected chi connectivity index (χ2v) is 15.8. The Hall–Kier alpha value is -8.52. The number of fused-ring (bicyclic) bond motifs is 6. The first-order chi connectivity index (χ1) is 30.7. The normalized spacial score (nSPS) is 11.5. The van der Waals surface area contributed by atoms with E-state index in [2.05, 4.69) is 127 Å². The molecule has 62 heavy (non-hydrogen) atoms. The summed E-state index contributed by atoms with van der Waals surface area (Å²) in [6, 6.07) is 74.9. The average Bonchev–Trinajstić information content (AvgIpc) is 3.68. The molecular formula is C58H34N4. The van der Waals surface area contributed by atoms with Gasteiger partial charge in [0.2, 0.25) is 0 Å². The monoisotopic (exact) mass is 786 g/mol. The molecule has 1 aliphatic carbocycles.